The standard InChI is InChI=1S/C26H31FN2O2/c1-26(2)12-9-17-7-8-19(20-5-3-4-6-22(20)27)15-21(17)24(26)28-25(30)31-23-16-29-13-10-18(23)11-14-29/h3-8,15,18,23-24H,9-14,16H2,1-2H3,(H,28,30)/t23-,24?/m0/s1. The molecule has 4 aliphatic rings. The van der Waals surface area contributed by atoms with Gasteiger partial charge >= 0.3 is 6.09 Å². The van der Waals surface area contributed by atoms with E-state index in [1.165, 1.54) is 11.6 Å². The average Bonchev–Trinajstić information content (AvgIpc) is 2.77. The first-order valence-electron chi connectivity index (χ1n) is 11.5. The van der Waals surface area contributed by atoms with E-state index in [1.807, 2.05) is 18.2 Å². The predicted molar refractivity (Wildman–Crippen MR) is 119 cm³/mol. The molecule has 1 unspecified atom stereocenters. The molecule has 0 radical (unpaired) electrons. The molecule has 6 rings (SSSR count). The molecule has 2 aromatic carbocycles. The zero-order valence-electron chi connectivity index (χ0n) is 18.4. The first kappa shape index (κ1) is 20.5. The lowest BCUT2D eigenvalue weighted by atomic mass is 9.70. The molecule has 2 atom stereocenters. The van der Waals surface area contributed by atoms with E-state index < -0.39 is 0 Å². The minimum atomic E-state index is -0.332. The zero-order valence-corrected chi connectivity index (χ0v) is 18.4. The molecule has 164 valence electrons. The smallest absolute Gasteiger partial charge is 0.407 e. The minimum Gasteiger partial charge on any atom is -0.445 e. The highest BCUT2D eigenvalue weighted by Gasteiger charge is 2.40. The van der Waals surface area contributed by atoms with Crippen molar-refractivity contribution in [3.8, 4) is 11.1 Å². The number of benzene rings is 2. The van der Waals surface area contributed by atoms with Gasteiger partial charge in [-0.25, -0.2) is 9.18 Å². The summed E-state index contributed by atoms with van der Waals surface area (Å²) in [5.41, 5.74) is 3.60. The molecule has 31 heavy (non-hydrogen) atoms. The van der Waals surface area contributed by atoms with Crippen LogP contribution in [-0.2, 0) is 11.2 Å². The van der Waals surface area contributed by atoms with Crippen LogP contribution in [-0.4, -0.2) is 36.7 Å². The average molecular weight is 423 g/mol. The third-order valence-corrected chi connectivity index (χ3v) is 7.58. The Bertz CT molecular complexity index is 981. The molecular formula is C26H31FN2O2. The van der Waals surface area contributed by atoms with E-state index in [9.17, 15) is 9.18 Å². The molecule has 1 aliphatic carbocycles. The molecule has 1 N–H and O–H groups in total. The molecule has 4 nitrogen and oxygen atoms in total. The van der Waals surface area contributed by atoms with Crippen LogP contribution in [0.25, 0.3) is 11.1 Å². The van der Waals surface area contributed by atoms with E-state index in [-0.39, 0.29) is 29.5 Å². The molecule has 3 fully saturated rings. The normalized spacial score (nSPS) is 28.6. The second-order valence-corrected chi connectivity index (χ2v) is 10.0. The third kappa shape index (κ3) is 3.96. The number of hydrogen-bond donors (Lipinski definition) is 1. The van der Waals surface area contributed by atoms with Crippen LogP contribution in [0, 0.1) is 17.2 Å². The number of carbonyl (C=O) groups is 1. The molecule has 5 heteroatoms. The molecule has 2 bridgehead atoms. The van der Waals surface area contributed by atoms with Crippen molar-refractivity contribution in [3.05, 3.63) is 59.4 Å². The van der Waals surface area contributed by atoms with Crippen LogP contribution in [0.15, 0.2) is 42.5 Å². The van der Waals surface area contributed by atoms with Crippen LogP contribution in [0.4, 0.5) is 9.18 Å². The SMILES string of the molecule is CC1(C)CCc2ccc(-c3ccccc3F)cc2C1NC(=O)O[C@H]1CN2CCC1CC2. The maximum atomic E-state index is 14.4. The molecule has 2 aromatic rings. The number of ether oxygens (including phenoxy) is 1. The monoisotopic (exact) mass is 422 g/mol. The van der Waals surface area contributed by atoms with Crippen molar-refractivity contribution in [1.29, 1.82) is 0 Å². The Morgan fingerprint density at radius 2 is 1.94 bits per heavy atom. The van der Waals surface area contributed by atoms with Gasteiger partial charge in [0.1, 0.15) is 11.9 Å². The second kappa shape index (κ2) is 7.94. The van der Waals surface area contributed by atoms with Crippen molar-refractivity contribution in [2.24, 2.45) is 11.3 Å². The molecule has 3 saturated heterocycles. The highest BCUT2D eigenvalue weighted by Crippen LogP contribution is 2.45. The van der Waals surface area contributed by atoms with Crippen LogP contribution in [0.1, 0.15) is 50.3 Å². The Morgan fingerprint density at radius 1 is 1.16 bits per heavy atom. The minimum absolute atomic E-state index is 0.0153. The van der Waals surface area contributed by atoms with E-state index in [1.54, 1.807) is 12.1 Å². The van der Waals surface area contributed by atoms with Crippen molar-refractivity contribution in [2.75, 3.05) is 19.6 Å². The van der Waals surface area contributed by atoms with Crippen LogP contribution >= 0.6 is 0 Å². The van der Waals surface area contributed by atoms with Gasteiger partial charge < -0.3 is 10.1 Å². The number of halogens is 1. The Kier molecular flexibility index (Phi) is 5.25. The summed E-state index contributed by atoms with van der Waals surface area (Å²) >= 11 is 0. The Morgan fingerprint density at radius 3 is 2.65 bits per heavy atom. The highest BCUT2D eigenvalue weighted by molar-refractivity contribution is 5.70. The van der Waals surface area contributed by atoms with Crippen LogP contribution in [0.2, 0.25) is 0 Å². The van der Waals surface area contributed by atoms with Crippen molar-refractivity contribution in [3.63, 3.8) is 0 Å². The van der Waals surface area contributed by atoms with Gasteiger partial charge in [-0.3, -0.25) is 4.90 Å². The summed E-state index contributed by atoms with van der Waals surface area (Å²) in [4.78, 5) is 15.3. The number of aryl methyl sites for hydroxylation is 1. The number of rotatable bonds is 3. The predicted octanol–water partition coefficient (Wildman–Crippen LogP) is 5.33. The lowest BCUT2D eigenvalue weighted by Crippen LogP contribution is -2.53. The number of piperidine rings is 3. The summed E-state index contributed by atoms with van der Waals surface area (Å²) < 4.78 is 20.3. The third-order valence-electron chi connectivity index (χ3n) is 7.58. The molecule has 0 aromatic heterocycles. The lowest BCUT2D eigenvalue weighted by molar-refractivity contribution is -0.0353. The van der Waals surface area contributed by atoms with Gasteiger partial charge in [0.15, 0.2) is 0 Å². The summed E-state index contributed by atoms with van der Waals surface area (Å²) in [5, 5.41) is 3.19. The van der Waals surface area contributed by atoms with E-state index >= 15 is 0 Å². The van der Waals surface area contributed by atoms with E-state index in [0.29, 0.717) is 11.5 Å². The largest absolute Gasteiger partial charge is 0.445 e. The second-order valence-electron chi connectivity index (χ2n) is 10.0. The Labute approximate surface area is 183 Å². The van der Waals surface area contributed by atoms with Gasteiger partial charge in [0.25, 0.3) is 0 Å². The van der Waals surface area contributed by atoms with Gasteiger partial charge in [0.05, 0.1) is 6.04 Å². The summed E-state index contributed by atoms with van der Waals surface area (Å²) in [6, 6.07) is 12.8. The summed E-state index contributed by atoms with van der Waals surface area (Å²) in [7, 11) is 0. The fourth-order valence-electron chi connectivity index (χ4n) is 5.58. The Balaban J connectivity index is 1.40. The highest BCUT2D eigenvalue weighted by atomic mass is 19.1. The van der Waals surface area contributed by atoms with Crippen LogP contribution in [0.5, 0.6) is 0 Å². The summed E-state index contributed by atoms with van der Waals surface area (Å²) in [6.07, 6.45) is 3.80. The molecular weight excluding hydrogens is 391 g/mol. The van der Waals surface area contributed by atoms with Crippen molar-refractivity contribution in [1.82, 2.24) is 10.2 Å². The number of amides is 1. The molecule has 3 heterocycles. The van der Waals surface area contributed by atoms with Gasteiger partial charge in [-0.2, -0.15) is 0 Å². The fraction of sp³-hybridized carbons (Fsp3) is 0.500. The van der Waals surface area contributed by atoms with Crippen molar-refractivity contribution >= 4 is 6.09 Å². The maximum absolute atomic E-state index is 14.4. The number of alkyl carbamates (subject to hydrolysis) is 1. The van der Waals surface area contributed by atoms with E-state index in [4.69, 9.17) is 4.74 Å². The molecule has 0 saturated carbocycles. The van der Waals surface area contributed by atoms with Gasteiger partial charge in [-0.1, -0.05) is 44.2 Å². The quantitative estimate of drug-likeness (QED) is 0.727. The first-order valence-corrected chi connectivity index (χ1v) is 11.5. The van der Waals surface area contributed by atoms with E-state index in [2.05, 4.69) is 30.1 Å². The molecule has 3 aliphatic heterocycles. The van der Waals surface area contributed by atoms with Gasteiger partial charge in [-0.15, -0.1) is 0 Å². The number of nitrogens with zero attached hydrogens (tertiary/aromatic N) is 1. The van der Waals surface area contributed by atoms with Gasteiger partial charge in [-0.05, 0) is 78.9 Å². The van der Waals surface area contributed by atoms with Crippen LogP contribution < -0.4 is 5.32 Å². The van der Waals surface area contributed by atoms with Gasteiger partial charge in [0.2, 0.25) is 0 Å². The fourth-order valence-corrected chi connectivity index (χ4v) is 5.58. The molecule has 1 amide bonds. The lowest BCUT2D eigenvalue weighted by Gasteiger charge is -2.44. The number of nitrogens with one attached hydrogen (secondary N) is 1. The molecule has 0 spiro atoms. The Hall–Kier alpha value is -2.40. The van der Waals surface area contributed by atoms with Crippen molar-refractivity contribution in [2.45, 2.75) is 51.7 Å². The first-order chi connectivity index (χ1) is 14.9. The summed E-state index contributed by atoms with van der Waals surface area (Å²) in [6.45, 7) is 7.46. The van der Waals surface area contributed by atoms with Crippen LogP contribution in [0.3, 0.4) is 0 Å². The number of fused-ring (bicyclic) bond motifs is 4. The topological polar surface area (TPSA) is 41.6 Å². The van der Waals surface area contributed by atoms with Crippen molar-refractivity contribution < 1.29 is 13.9 Å². The number of carbonyl (C=O) groups excluding carboxylic acids is 1. The zero-order chi connectivity index (χ0) is 21.6. The summed E-state index contributed by atoms with van der Waals surface area (Å²) in [5.74, 6) is 0.249. The number of hydrogen-bond acceptors (Lipinski definition) is 3. The van der Waals surface area contributed by atoms with Gasteiger partial charge in [0, 0.05) is 12.1 Å². The van der Waals surface area contributed by atoms with E-state index in [0.717, 1.165) is 56.4 Å². The maximum Gasteiger partial charge on any atom is 0.407 e.